The highest BCUT2D eigenvalue weighted by atomic mass is 19.4. The lowest BCUT2D eigenvalue weighted by atomic mass is 9.99. The summed E-state index contributed by atoms with van der Waals surface area (Å²) in [5.74, 6) is -1.76. The Morgan fingerprint density at radius 3 is 2.48 bits per heavy atom. The number of carbonyl (C=O) groups is 1. The normalized spacial score (nSPS) is 12.8. The van der Waals surface area contributed by atoms with Gasteiger partial charge in [0, 0.05) is 17.6 Å². The van der Waals surface area contributed by atoms with Crippen molar-refractivity contribution in [3.63, 3.8) is 0 Å². The van der Waals surface area contributed by atoms with E-state index in [1.165, 1.54) is 32.0 Å². The number of hydrogen-bond acceptors (Lipinski definition) is 3. The third kappa shape index (κ3) is 2.79. The van der Waals surface area contributed by atoms with Crippen LogP contribution in [0.25, 0.3) is 11.0 Å². The number of fused-ring (bicyclic) bond motifs is 1. The number of primary amides is 1. The number of benzene rings is 1. The van der Waals surface area contributed by atoms with Crippen LogP contribution in [-0.4, -0.2) is 15.5 Å². The van der Waals surface area contributed by atoms with Crippen molar-refractivity contribution in [2.45, 2.75) is 32.0 Å². The molecule has 1 aromatic carbocycles. The Morgan fingerprint density at radius 2 is 1.95 bits per heavy atom. The third-order valence-corrected chi connectivity index (χ3v) is 3.14. The summed E-state index contributed by atoms with van der Waals surface area (Å²) in [5.41, 5.74) is 10.2. The molecule has 5 nitrogen and oxygen atoms in total. The first-order valence-electron chi connectivity index (χ1n) is 6.16. The number of hydrogen-bond donors (Lipinski definition) is 2. The number of imidazole rings is 1. The molecule has 0 aliphatic heterocycles. The topological polar surface area (TPSA) is 86.9 Å². The molecule has 0 aliphatic carbocycles. The molecule has 114 valence electrons. The lowest BCUT2D eigenvalue weighted by Crippen LogP contribution is -2.35. The number of amides is 1. The van der Waals surface area contributed by atoms with E-state index in [4.69, 9.17) is 11.5 Å². The average molecular weight is 300 g/mol. The summed E-state index contributed by atoms with van der Waals surface area (Å²) < 4.78 is 40.7. The van der Waals surface area contributed by atoms with Crippen molar-refractivity contribution in [3.05, 3.63) is 24.0 Å². The average Bonchev–Trinajstić information content (AvgIpc) is 2.65. The third-order valence-electron chi connectivity index (χ3n) is 3.14. The molecule has 21 heavy (non-hydrogen) atoms. The van der Waals surface area contributed by atoms with E-state index in [1.54, 1.807) is 0 Å². The van der Waals surface area contributed by atoms with Crippen molar-refractivity contribution in [2.24, 2.45) is 5.73 Å². The molecule has 1 aromatic heterocycles. The van der Waals surface area contributed by atoms with Crippen molar-refractivity contribution < 1.29 is 18.0 Å². The molecule has 0 fully saturated rings. The van der Waals surface area contributed by atoms with Gasteiger partial charge in [-0.25, -0.2) is 4.98 Å². The summed E-state index contributed by atoms with van der Waals surface area (Å²) in [4.78, 5) is 14.8. The Kier molecular flexibility index (Phi) is 3.35. The predicted octanol–water partition coefficient (Wildman–Crippen LogP) is 2.25. The van der Waals surface area contributed by atoms with Gasteiger partial charge in [0.25, 0.3) is 0 Å². The molecule has 0 atom stereocenters. The van der Waals surface area contributed by atoms with E-state index < -0.39 is 23.4 Å². The van der Waals surface area contributed by atoms with Crippen LogP contribution < -0.4 is 11.5 Å². The van der Waals surface area contributed by atoms with Crippen molar-refractivity contribution >= 4 is 22.6 Å². The molecule has 0 saturated carbocycles. The van der Waals surface area contributed by atoms with Crippen LogP contribution in [0.5, 0.6) is 0 Å². The molecule has 0 aliphatic rings. The highest BCUT2D eigenvalue weighted by Gasteiger charge is 2.41. The largest absolute Gasteiger partial charge is 0.449 e. The second kappa shape index (κ2) is 4.64. The van der Waals surface area contributed by atoms with Gasteiger partial charge in [-0.3, -0.25) is 4.79 Å². The van der Waals surface area contributed by atoms with Crippen LogP contribution >= 0.6 is 0 Å². The summed E-state index contributed by atoms with van der Waals surface area (Å²) in [6.45, 7) is 3.01. The van der Waals surface area contributed by atoms with Crippen molar-refractivity contribution in [3.8, 4) is 0 Å². The van der Waals surface area contributed by atoms with E-state index in [9.17, 15) is 18.0 Å². The molecule has 0 saturated heterocycles. The molecule has 0 bridgehead atoms. The summed E-state index contributed by atoms with van der Waals surface area (Å²) in [5, 5.41) is 0. The van der Waals surface area contributed by atoms with Crippen LogP contribution in [0.15, 0.2) is 18.2 Å². The molecule has 1 heterocycles. The van der Waals surface area contributed by atoms with Crippen LogP contribution in [0.1, 0.15) is 26.1 Å². The summed E-state index contributed by atoms with van der Waals surface area (Å²) in [7, 11) is 0. The molecule has 0 spiro atoms. The zero-order valence-corrected chi connectivity index (χ0v) is 11.5. The highest BCUT2D eigenvalue weighted by Crippen LogP contribution is 2.37. The smallest absolute Gasteiger partial charge is 0.399 e. The summed E-state index contributed by atoms with van der Waals surface area (Å²) in [6.07, 6.45) is -4.89. The van der Waals surface area contributed by atoms with E-state index >= 15 is 0 Å². The molecule has 2 aromatic rings. The van der Waals surface area contributed by atoms with Gasteiger partial charge in [0.2, 0.25) is 11.7 Å². The summed E-state index contributed by atoms with van der Waals surface area (Å²) >= 11 is 0. The van der Waals surface area contributed by atoms with Crippen LogP contribution in [0.4, 0.5) is 18.9 Å². The lowest BCUT2D eigenvalue weighted by Gasteiger charge is -2.28. The van der Waals surface area contributed by atoms with E-state index in [2.05, 4.69) is 4.98 Å². The molecule has 8 heteroatoms. The molecular formula is C13H15F3N4O. The van der Waals surface area contributed by atoms with Crippen LogP contribution in [-0.2, 0) is 16.5 Å². The second-order valence-corrected chi connectivity index (χ2v) is 5.47. The Balaban J connectivity index is 2.78. The monoisotopic (exact) mass is 300 g/mol. The predicted molar refractivity (Wildman–Crippen MR) is 72.3 cm³/mol. The van der Waals surface area contributed by atoms with E-state index in [0.29, 0.717) is 5.69 Å². The summed E-state index contributed by atoms with van der Waals surface area (Å²) in [6, 6.07) is 4.30. The van der Waals surface area contributed by atoms with Gasteiger partial charge in [-0.1, -0.05) is 0 Å². The zero-order chi connectivity index (χ0) is 16.0. The van der Waals surface area contributed by atoms with Gasteiger partial charge in [-0.15, -0.1) is 0 Å². The van der Waals surface area contributed by atoms with Crippen molar-refractivity contribution in [2.75, 3.05) is 5.73 Å². The standard InChI is InChI=1S/C13H15F3N4O/c1-12(2,6-10(18)21)20-9-4-3-7(17)5-8(9)19-11(20)13(14,15)16/h3-5H,6,17H2,1-2H3,(H2,18,21). The molecule has 2 rings (SSSR count). The van der Waals surface area contributed by atoms with Crippen molar-refractivity contribution in [1.29, 1.82) is 0 Å². The van der Waals surface area contributed by atoms with E-state index in [-0.39, 0.29) is 17.5 Å². The number of alkyl halides is 3. The maximum atomic E-state index is 13.2. The number of aromatic nitrogens is 2. The van der Waals surface area contributed by atoms with E-state index in [0.717, 1.165) is 4.57 Å². The van der Waals surface area contributed by atoms with Crippen molar-refractivity contribution in [1.82, 2.24) is 9.55 Å². The SMILES string of the molecule is CC(C)(CC(N)=O)n1c(C(F)(F)F)nc2cc(N)ccc21. The number of halogens is 3. The molecule has 0 radical (unpaired) electrons. The Labute approximate surface area is 118 Å². The Morgan fingerprint density at radius 1 is 1.33 bits per heavy atom. The maximum Gasteiger partial charge on any atom is 0.449 e. The second-order valence-electron chi connectivity index (χ2n) is 5.47. The Bertz CT molecular complexity index is 703. The fraction of sp³-hybridized carbons (Fsp3) is 0.385. The number of anilines is 1. The van der Waals surface area contributed by atoms with Gasteiger partial charge >= 0.3 is 6.18 Å². The number of nitrogen functional groups attached to an aromatic ring is 1. The minimum Gasteiger partial charge on any atom is -0.399 e. The van der Waals surface area contributed by atoms with Gasteiger partial charge in [-0.2, -0.15) is 13.2 Å². The minimum absolute atomic E-state index is 0.125. The van der Waals surface area contributed by atoms with Gasteiger partial charge in [-0.05, 0) is 32.0 Å². The number of carbonyl (C=O) groups excluding carboxylic acids is 1. The fourth-order valence-corrected chi connectivity index (χ4v) is 2.41. The fourth-order valence-electron chi connectivity index (χ4n) is 2.41. The molecular weight excluding hydrogens is 285 g/mol. The van der Waals surface area contributed by atoms with Crippen LogP contribution in [0.2, 0.25) is 0 Å². The molecule has 1 amide bonds. The molecule has 0 unspecified atom stereocenters. The quantitative estimate of drug-likeness (QED) is 0.852. The van der Waals surface area contributed by atoms with Gasteiger partial charge < -0.3 is 16.0 Å². The van der Waals surface area contributed by atoms with Gasteiger partial charge in [0.1, 0.15) is 0 Å². The van der Waals surface area contributed by atoms with E-state index in [1.807, 2.05) is 0 Å². The number of nitrogens with zero attached hydrogens (tertiary/aromatic N) is 2. The maximum absolute atomic E-state index is 13.2. The van der Waals surface area contributed by atoms with Gasteiger partial charge in [0.05, 0.1) is 11.0 Å². The first kappa shape index (κ1) is 15.1. The highest BCUT2D eigenvalue weighted by molar-refractivity contribution is 5.81. The molecule has 4 N–H and O–H groups in total. The van der Waals surface area contributed by atoms with Crippen LogP contribution in [0.3, 0.4) is 0 Å². The van der Waals surface area contributed by atoms with Gasteiger partial charge in [0.15, 0.2) is 0 Å². The number of rotatable bonds is 3. The number of nitrogens with two attached hydrogens (primary N) is 2. The Hall–Kier alpha value is -2.25. The first-order valence-corrected chi connectivity index (χ1v) is 6.16. The van der Waals surface area contributed by atoms with Crippen LogP contribution in [0, 0.1) is 0 Å². The first-order chi connectivity index (χ1) is 9.52. The lowest BCUT2D eigenvalue weighted by molar-refractivity contribution is -0.149. The zero-order valence-electron chi connectivity index (χ0n) is 11.5. The minimum atomic E-state index is -4.65.